The molecule has 1 amide bonds. The quantitative estimate of drug-likeness (QED) is 0.591. The van der Waals surface area contributed by atoms with E-state index in [-0.39, 0.29) is 12.5 Å². The van der Waals surface area contributed by atoms with Crippen molar-refractivity contribution < 1.29 is 14.7 Å². The molecule has 0 aromatic heterocycles. The average molecular weight is 261 g/mol. The molecule has 0 aliphatic carbocycles. The van der Waals surface area contributed by atoms with Crippen molar-refractivity contribution in [3.05, 3.63) is 0 Å². The fourth-order valence-electron chi connectivity index (χ4n) is 1.36. The topological polar surface area (TPSA) is 66.4 Å². The lowest BCUT2D eigenvalue weighted by Crippen LogP contribution is -2.34. The van der Waals surface area contributed by atoms with Gasteiger partial charge in [-0.25, -0.2) is 0 Å². The number of carbonyl (C=O) groups is 2. The number of carbonyl (C=O) groups excluding carboxylic acids is 1. The fraction of sp³-hybridized carbons (Fsp3) is 0.833. The largest absolute Gasteiger partial charge is 0.481 e. The summed E-state index contributed by atoms with van der Waals surface area (Å²) in [6.45, 7) is 4.30. The summed E-state index contributed by atoms with van der Waals surface area (Å²) in [5, 5.41) is 11.6. The standard InChI is InChI=1S/C12H23NO3S/c1-3-5-7-17-9-11(14)13-8-10(6-4-2)12(15)16/h10H,3-9H2,1-2H3,(H,13,14)(H,15,16). The molecule has 0 saturated heterocycles. The minimum absolute atomic E-state index is 0.0616. The predicted octanol–water partition coefficient (Wildman–Crippen LogP) is 2.14. The van der Waals surface area contributed by atoms with E-state index in [1.54, 1.807) is 11.8 Å². The monoisotopic (exact) mass is 261 g/mol. The van der Waals surface area contributed by atoms with Crippen LogP contribution in [0.2, 0.25) is 0 Å². The van der Waals surface area contributed by atoms with E-state index in [1.165, 1.54) is 0 Å². The number of nitrogens with one attached hydrogen (secondary N) is 1. The van der Waals surface area contributed by atoms with Crippen molar-refractivity contribution in [3.63, 3.8) is 0 Å². The summed E-state index contributed by atoms with van der Waals surface area (Å²) in [6.07, 6.45) is 3.68. The maximum Gasteiger partial charge on any atom is 0.308 e. The number of aliphatic carboxylic acids is 1. The minimum atomic E-state index is -0.828. The summed E-state index contributed by atoms with van der Waals surface area (Å²) in [7, 11) is 0. The number of carboxylic acids is 1. The molecule has 0 aromatic carbocycles. The molecular weight excluding hydrogens is 238 g/mol. The summed E-state index contributed by atoms with van der Waals surface area (Å²) < 4.78 is 0. The lowest BCUT2D eigenvalue weighted by molar-refractivity contribution is -0.141. The van der Waals surface area contributed by atoms with Gasteiger partial charge >= 0.3 is 5.97 Å². The molecule has 0 radical (unpaired) electrons. The molecule has 0 aliphatic rings. The Morgan fingerprint density at radius 1 is 1.29 bits per heavy atom. The molecule has 0 aliphatic heterocycles. The molecular formula is C12H23NO3S. The minimum Gasteiger partial charge on any atom is -0.481 e. The number of thioether (sulfide) groups is 1. The van der Waals surface area contributed by atoms with E-state index in [9.17, 15) is 9.59 Å². The lowest BCUT2D eigenvalue weighted by atomic mass is 10.0. The van der Waals surface area contributed by atoms with Gasteiger partial charge in [-0.15, -0.1) is 0 Å². The average Bonchev–Trinajstić information content (AvgIpc) is 2.29. The van der Waals surface area contributed by atoms with Crippen molar-refractivity contribution in [1.29, 1.82) is 0 Å². The first-order valence-corrected chi connectivity index (χ1v) is 7.34. The number of amides is 1. The highest BCUT2D eigenvalue weighted by Gasteiger charge is 2.16. The number of unbranched alkanes of at least 4 members (excludes halogenated alkanes) is 1. The maximum atomic E-state index is 11.4. The Hall–Kier alpha value is -0.710. The van der Waals surface area contributed by atoms with Crippen LogP contribution in [-0.4, -0.2) is 35.0 Å². The SMILES string of the molecule is CCCCSCC(=O)NCC(CCC)C(=O)O. The highest BCUT2D eigenvalue weighted by atomic mass is 32.2. The summed E-state index contributed by atoms with van der Waals surface area (Å²) >= 11 is 1.60. The Morgan fingerprint density at radius 2 is 2.00 bits per heavy atom. The first-order valence-electron chi connectivity index (χ1n) is 6.19. The zero-order chi connectivity index (χ0) is 13.1. The molecule has 0 saturated carbocycles. The van der Waals surface area contributed by atoms with Gasteiger partial charge < -0.3 is 10.4 Å². The number of carboxylic acid groups (broad SMARTS) is 1. The van der Waals surface area contributed by atoms with Crippen molar-refractivity contribution >= 4 is 23.6 Å². The third kappa shape index (κ3) is 9.03. The Kier molecular flexibility index (Phi) is 10.0. The van der Waals surface area contributed by atoms with E-state index in [2.05, 4.69) is 12.2 Å². The van der Waals surface area contributed by atoms with Gasteiger partial charge in [0.2, 0.25) is 5.91 Å². The van der Waals surface area contributed by atoms with Crippen LogP contribution in [-0.2, 0) is 9.59 Å². The second-order valence-corrected chi connectivity index (χ2v) is 5.14. The molecule has 2 N–H and O–H groups in total. The van der Waals surface area contributed by atoms with Gasteiger partial charge in [-0.2, -0.15) is 11.8 Å². The van der Waals surface area contributed by atoms with Crippen LogP contribution in [0.5, 0.6) is 0 Å². The first-order chi connectivity index (χ1) is 8.11. The summed E-state index contributed by atoms with van der Waals surface area (Å²) in [5.41, 5.74) is 0. The fourth-order valence-corrected chi connectivity index (χ4v) is 2.29. The summed E-state index contributed by atoms with van der Waals surface area (Å²) in [5.74, 6) is 0.0727. The third-order valence-electron chi connectivity index (χ3n) is 2.41. The van der Waals surface area contributed by atoms with E-state index < -0.39 is 11.9 Å². The van der Waals surface area contributed by atoms with E-state index in [1.807, 2.05) is 6.92 Å². The molecule has 0 heterocycles. The van der Waals surface area contributed by atoms with Crippen LogP contribution < -0.4 is 5.32 Å². The smallest absolute Gasteiger partial charge is 0.308 e. The summed E-state index contributed by atoms with van der Waals surface area (Å²) in [6, 6.07) is 0. The zero-order valence-electron chi connectivity index (χ0n) is 10.7. The van der Waals surface area contributed by atoms with Crippen molar-refractivity contribution in [1.82, 2.24) is 5.32 Å². The molecule has 1 atom stereocenters. The second kappa shape index (κ2) is 10.4. The molecule has 17 heavy (non-hydrogen) atoms. The van der Waals surface area contributed by atoms with Crippen LogP contribution >= 0.6 is 11.8 Å². The van der Waals surface area contributed by atoms with Gasteiger partial charge in [-0.1, -0.05) is 26.7 Å². The molecule has 0 rings (SSSR count). The van der Waals surface area contributed by atoms with E-state index in [0.717, 1.165) is 25.0 Å². The highest BCUT2D eigenvalue weighted by Crippen LogP contribution is 2.06. The molecule has 1 unspecified atom stereocenters. The van der Waals surface area contributed by atoms with Crippen LogP contribution in [0.4, 0.5) is 0 Å². The maximum absolute atomic E-state index is 11.4. The number of rotatable bonds is 10. The van der Waals surface area contributed by atoms with Crippen LogP contribution in [0, 0.1) is 5.92 Å². The zero-order valence-corrected chi connectivity index (χ0v) is 11.5. The van der Waals surface area contributed by atoms with Crippen LogP contribution in [0.15, 0.2) is 0 Å². The molecule has 4 nitrogen and oxygen atoms in total. The van der Waals surface area contributed by atoms with Crippen molar-refractivity contribution in [2.45, 2.75) is 39.5 Å². The van der Waals surface area contributed by atoms with Crippen LogP contribution in [0.1, 0.15) is 39.5 Å². The summed E-state index contributed by atoms with van der Waals surface area (Å²) in [4.78, 5) is 22.3. The van der Waals surface area contributed by atoms with Gasteiger partial charge in [0, 0.05) is 6.54 Å². The van der Waals surface area contributed by atoms with E-state index in [0.29, 0.717) is 12.2 Å². The Morgan fingerprint density at radius 3 is 2.53 bits per heavy atom. The van der Waals surface area contributed by atoms with Gasteiger partial charge in [0.05, 0.1) is 11.7 Å². The highest BCUT2D eigenvalue weighted by molar-refractivity contribution is 7.99. The van der Waals surface area contributed by atoms with Gasteiger partial charge in [0.15, 0.2) is 0 Å². The van der Waals surface area contributed by atoms with E-state index in [4.69, 9.17) is 5.11 Å². The van der Waals surface area contributed by atoms with Crippen LogP contribution in [0.3, 0.4) is 0 Å². The third-order valence-corrected chi connectivity index (χ3v) is 3.45. The number of hydrogen-bond donors (Lipinski definition) is 2. The van der Waals surface area contributed by atoms with Crippen LogP contribution in [0.25, 0.3) is 0 Å². The van der Waals surface area contributed by atoms with Crippen molar-refractivity contribution in [3.8, 4) is 0 Å². The Bertz CT molecular complexity index is 234. The van der Waals surface area contributed by atoms with Gasteiger partial charge in [0.1, 0.15) is 0 Å². The van der Waals surface area contributed by atoms with Gasteiger partial charge in [0.25, 0.3) is 0 Å². The van der Waals surface area contributed by atoms with E-state index >= 15 is 0 Å². The van der Waals surface area contributed by atoms with Crippen molar-refractivity contribution in [2.75, 3.05) is 18.1 Å². The lowest BCUT2D eigenvalue weighted by Gasteiger charge is -2.12. The molecule has 100 valence electrons. The first kappa shape index (κ1) is 16.3. The Balaban J connectivity index is 3.69. The predicted molar refractivity (Wildman–Crippen MR) is 71.3 cm³/mol. The second-order valence-electron chi connectivity index (χ2n) is 4.03. The Labute approximate surface area is 108 Å². The number of hydrogen-bond acceptors (Lipinski definition) is 3. The van der Waals surface area contributed by atoms with Gasteiger partial charge in [-0.05, 0) is 18.6 Å². The molecule has 5 heteroatoms. The molecule has 0 spiro atoms. The molecule has 0 bridgehead atoms. The van der Waals surface area contributed by atoms with Crippen molar-refractivity contribution in [2.24, 2.45) is 5.92 Å². The van der Waals surface area contributed by atoms with Gasteiger partial charge in [-0.3, -0.25) is 9.59 Å². The molecule has 0 fully saturated rings. The normalized spacial score (nSPS) is 12.1. The molecule has 0 aromatic rings.